The summed E-state index contributed by atoms with van der Waals surface area (Å²) >= 11 is 3.54. The molecular weight excluding hydrogens is 266 g/mol. The van der Waals surface area contributed by atoms with Crippen molar-refractivity contribution < 1.29 is 4.74 Å². The lowest BCUT2D eigenvalue weighted by Gasteiger charge is -2.32. The van der Waals surface area contributed by atoms with Crippen LogP contribution in [0.5, 0.6) is 0 Å². The molecule has 96 valence electrons. The fourth-order valence-corrected chi connectivity index (χ4v) is 2.93. The Morgan fingerprint density at radius 1 is 1.38 bits per heavy atom. The molecule has 0 aromatic carbocycles. The predicted octanol–water partition coefficient (Wildman–Crippen LogP) is 3.30. The molecule has 1 unspecified atom stereocenters. The summed E-state index contributed by atoms with van der Waals surface area (Å²) in [6.45, 7) is 7.75. The lowest BCUT2D eigenvalue weighted by molar-refractivity contribution is 0.0830. The Morgan fingerprint density at radius 2 is 2.25 bits per heavy atom. The SMILES string of the molecule is CCCCOCCN1CCCC(CCBr)C1. The van der Waals surface area contributed by atoms with Crippen LogP contribution in [0.25, 0.3) is 0 Å². The molecule has 0 N–H and O–H groups in total. The van der Waals surface area contributed by atoms with Crippen molar-refractivity contribution in [2.45, 2.75) is 39.0 Å². The highest BCUT2D eigenvalue weighted by atomic mass is 79.9. The molecule has 1 fully saturated rings. The molecule has 1 atom stereocenters. The van der Waals surface area contributed by atoms with Crippen molar-refractivity contribution in [3.63, 3.8) is 0 Å². The van der Waals surface area contributed by atoms with Crippen LogP contribution in [0.2, 0.25) is 0 Å². The molecule has 0 bridgehead atoms. The number of rotatable bonds is 8. The van der Waals surface area contributed by atoms with Gasteiger partial charge in [-0.25, -0.2) is 0 Å². The second-order valence-electron chi connectivity index (χ2n) is 4.75. The smallest absolute Gasteiger partial charge is 0.0593 e. The standard InChI is InChI=1S/C13H26BrNO/c1-2-3-10-16-11-9-15-8-4-5-13(12-15)6-7-14/h13H,2-12H2,1H3. The minimum Gasteiger partial charge on any atom is -0.380 e. The molecule has 0 amide bonds. The monoisotopic (exact) mass is 291 g/mol. The van der Waals surface area contributed by atoms with Crippen molar-refractivity contribution in [1.82, 2.24) is 4.90 Å². The number of likely N-dealkylation sites (tertiary alicyclic amines) is 1. The van der Waals surface area contributed by atoms with Crippen LogP contribution in [0.1, 0.15) is 39.0 Å². The minimum absolute atomic E-state index is 0.906. The Hall–Kier alpha value is 0.400. The van der Waals surface area contributed by atoms with E-state index in [-0.39, 0.29) is 0 Å². The van der Waals surface area contributed by atoms with Crippen molar-refractivity contribution >= 4 is 15.9 Å². The minimum atomic E-state index is 0.906. The molecule has 2 nitrogen and oxygen atoms in total. The zero-order chi connectivity index (χ0) is 11.6. The predicted molar refractivity (Wildman–Crippen MR) is 73.3 cm³/mol. The van der Waals surface area contributed by atoms with Gasteiger partial charge in [-0.05, 0) is 38.1 Å². The topological polar surface area (TPSA) is 12.5 Å². The van der Waals surface area contributed by atoms with Gasteiger partial charge in [-0.15, -0.1) is 0 Å². The first-order valence-electron chi connectivity index (χ1n) is 6.73. The molecule has 0 aromatic heterocycles. The third-order valence-electron chi connectivity index (χ3n) is 3.31. The van der Waals surface area contributed by atoms with Crippen LogP contribution in [0.4, 0.5) is 0 Å². The first kappa shape index (κ1) is 14.5. The summed E-state index contributed by atoms with van der Waals surface area (Å²) in [4.78, 5) is 2.57. The van der Waals surface area contributed by atoms with Gasteiger partial charge in [0.2, 0.25) is 0 Å². The molecule has 3 heteroatoms. The Morgan fingerprint density at radius 3 is 3.00 bits per heavy atom. The van der Waals surface area contributed by atoms with Crippen LogP contribution in [0, 0.1) is 5.92 Å². The van der Waals surface area contributed by atoms with E-state index in [0.717, 1.165) is 31.0 Å². The molecule has 0 aliphatic carbocycles. The molecule has 1 aliphatic heterocycles. The van der Waals surface area contributed by atoms with Gasteiger partial charge in [0.15, 0.2) is 0 Å². The van der Waals surface area contributed by atoms with Crippen molar-refractivity contribution in [3.8, 4) is 0 Å². The maximum atomic E-state index is 5.62. The molecule has 16 heavy (non-hydrogen) atoms. The number of unbranched alkanes of at least 4 members (excludes halogenated alkanes) is 1. The van der Waals surface area contributed by atoms with E-state index in [4.69, 9.17) is 4.74 Å². The number of halogens is 1. The van der Waals surface area contributed by atoms with Crippen molar-refractivity contribution in [1.29, 1.82) is 0 Å². The molecule has 0 radical (unpaired) electrons. The van der Waals surface area contributed by atoms with Crippen LogP contribution >= 0.6 is 15.9 Å². The first-order valence-corrected chi connectivity index (χ1v) is 7.85. The van der Waals surface area contributed by atoms with Gasteiger partial charge in [-0.2, -0.15) is 0 Å². The highest BCUT2D eigenvalue weighted by Gasteiger charge is 2.18. The fraction of sp³-hybridized carbons (Fsp3) is 1.00. The van der Waals surface area contributed by atoms with Crippen molar-refractivity contribution in [3.05, 3.63) is 0 Å². The molecule has 0 spiro atoms. The van der Waals surface area contributed by atoms with Gasteiger partial charge >= 0.3 is 0 Å². The van der Waals surface area contributed by atoms with E-state index < -0.39 is 0 Å². The number of nitrogens with zero attached hydrogens (tertiary/aromatic N) is 1. The van der Waals surface area contributed by atoms with E-state index in [9.17, 15) is 0 Å². The first-order chi connectivity index (χ1) is 7.86. The molecule has 1 aliphatic rings. The Kier molecular flexibility index (Phi) is 8.52. The summed E-state index contributed by atoms with van der Waals surface area (Å²) in [5.41, 5.74) is 0. The Bertz CT molecular complexity index is 164. The lowest BCUT2D eigenvalue weighted by Crippen LogP contribution is -2.37. The Labute approximate surface area is 109 Å². The van der Waals surface area contributed by atoms with E-state index in [1.165, 1.54) is 45.2 Å². The third-order valence-corrected chi connectivity index (χ3v) is 3.77. The number of hydrogen-bond acceptors (Lipinski definition) is 2. The van der Waals surface area contributed by atoms with E-state index in [1.807, 2.05) is 0 Å². The summed E-state index contributed by atoms with van der Waals surface area (Å²) < 4.78 is 5.62. The van der Waals surface area contributed by atoms with Crippen LogP contribution in [-0.2, 0) is 4.74 Å². The van der Waals surface area contributed by atoms with Gasteiger partial charge in [0, 0.05) is 25.0 Å². The molecule has 0 aromatic rings. The van der Waals surface area contributed by atoms with Gasteiger partial charge < -0.3 is 9.64 Å². The van der Waals surface area contributed by atoms with Crippen molar-refractivity contribution in [2.24, 2.45) is 5.92 Å². The molecule has 1 saturated heterocycles. The van der Waals surface area contributed by atoms with Crippen LogP contribution < -0.4 is 0 Å². The number of hydrogen-bond donors (Lipinski definition) is 0. The average Bonchev–Trinajstić information content (AvgIpc) is 2.30. The van der Waals surface area contributed by atoms with Gasteiger partial charge in [0.1, 0.15) is 0 Å². The van der Waals surface area contributed by atoms with E-state index in [1.54, 1.807) is 0 Å². The van der Waals surface area contributed by atoms with Gasteiger partial charge in [-0.1, -0.05) is 29.3 Å². The number of piperidine rings is 1. The zero-order valence-electron chi connectivity index (χ0n) is 10.6. The Balaban J connectivity index is 2.02. The second-order valence-corrected chi connectivity index (χ2v) is 5.55. The third kappa shape index (κ3) is 6.21. The van der Waals surface area contributed by atoms with E-state index in [2.05, 4.69) is 27.8 Å². The summed E-state index contributed by atoms with van der Waals surface area (Å²) in [6, 6.07) is 0. The van der Waals surface area contributed by atoms with Gasteiger partial charge in [-0.3, -0.25) is 0 Å². The molecule has 1 rings (SSSR count). The largest absolute Gasteiger partial charge is 0.380 e. The summed E-state index contributed by atoms with van der Waals surface area (Å²) in [6.07, 6.45) is 6.54. The van der Waals surface area contributed by atoms with Crippen LogP contribution in [-0.4, -0.2) is 43.1 Å². The summed E-state index contributed by atoms with van der Waals surface area (Å²) in [5.74, 6) is 0.906. The maximum Gasteiger partial charge on any atom is 0.0593 e. The van der Waals surface area contributed by atoms with Crippen LogP contribution in [0.3, 0.4) is 0 Å². The summed E-state index contributed by atoms with van der Waals surface area (Å²) in [5, 5.41) is 1.15. The van der Waals surface area contributed by atoms with E-state index in [0.29, 0.717) is 0 Å². The molecule has 1 heterocycles. The zero-order valence-corrected chi connectivity index (χ0v) is 12.2. The van der Waals surface area contributed by atoms with E-state index >= 15 is 0 Å². The van der Waals surface area contributed by atoms with Gasteiger partial charge in [0.05, 0.1) is 6.61 Å². The quantitative estimate of drug-likeness (QED) is 0.503. The molecule has 0 saturated carbocycles. The highest BCUT2D eigenvalue weighted by Crippen LogP contribution is 2.19. The second kappa shape index (κ2) is 9.43. The number of ether oxygens (including phenoxy) is 1. The van der Waals surface area contributed by atoms with Gasteiger partial charge in [0.25, 0.3) is 0 Å². The molecular formula is C13H26BrNO. The lowest BCUT2D eigenvalue weighted by atomic mass is 9.96. The summed E-state index contributed by atoms with van der Waals surface area (Å²) in [7, 11) is 0. The van der Waals surface area contributed by atoms with Crippen molar-refractivity contribution in [2.75, 3.05) is 38.2 Å². The normalized spacial score (nSPS) is 22.5. The fourth-order valence-electron chi connectivity index (χ4n) is 2.29. The maximum absolute atomic E-state index is 5.62. The van der Waals surface area contributed by atoms with Crippen LogP contribution in [0.15, 0.2) is 0 Å². The number of alkyl halides is 1. The highest BCUT2D eigenvalue weighted by molar-refractivity contribution is 9.09. The average molecular weight is 292 g/mol.